The second kappa shape index (κ2) is 27.1. The van der Waals surface area contributed by atoms with E-state index in [4.69, 9.17) is 18.9 Å². The molecule has 8 bridgehead atoms. The number of benzene rings is 12. The van der Waals surface area contributed by atoms with Gasteiger partial charge in [0.2, 0.25) is 0 Å². The largest absolute Gasteiger partial charge is 0.507 e. The first kappa shape index (κ1) is 58.2. The molecule has 12 aromatic carbocycles. The summed E-state index contributed by atoms with van der Waals surface area (Å²) in [6, 6.07) is 84.6. The number of rotatable bonds is 14. The van der Waals surface area contributed by atoms with E-state index in [-0.39, 0.29) is 75.8 Å². The molecule has 0 aromatic heterocycles. The molecule has 2 amide bonds. The van der Waals surface area contributed by atoms with Gasteiger partial charge in [0.15, 0.2) is 13.2 Å². The molecule has 0 spiro atoms. The predicted molar refractivity (Wildman–Crippen MR) is 356 cm³/mol. The summed E-state index contributed by atoms with van der Waals surface area (Å²) in [5.74, 6) is 0.342. The van der Waals surface area contributed by atoms with Crippen LogP contribution in [0.15, 0.2) is 255 Å². The van der Waals surface area contributed by atoms with Crippen LogP contribution in [-0.4, -0.2) is 35.2 Å². The molecule has 1 aliphatic heterocycles. The Kier molecular flexibility index (Phi) is 17.5. The van der Waals surface area contributed by atoms with E-state index in [1.807, 2.05) is 182 Å². The summed E-state index contributed by atoms with van der Waals surface area (Å²) >= 11 is 0. The number of phenols is 2. The van der Waals surface area contributed by atoms with Crippen LogP contribution in [0.4, 0.5) is 0 Å². The van der Waals surface area contributed by atoms with Crippen molar-refractivity contribution in [1.82, 2.24) is 10.6 Å². The molecule has 0 saturated heterocycles. The lowest BCUT2D eigenvalue weighted by Gasteiger charge is -2.22. The van der Waals surface area contributed by atoms with Crippen molar-refractivity contribution >= 4 is 33.4 Å². The Labute approximate surface area is 523 Å². The molecule has 1 aliphatic rings. The third-order valence-corrected chi connectivity index (χ3v) is 16.6. The minimum absolute atomic E-state index is 0.00643. The Balaban J connectivity index is 0.944. The van der Waals surface area contributed by atoms with Crippen LogP contribution in [0, 0.1) is 0 Å². The average molecular weight is 1180 g/mol. The molecule has 10 heteroatoms. The fourth-order valence-corrected chi connectivity index (χ4v) is 12.2. The van der Waals surface area contributed by atoms with Crippen LogP contribution >= 0.6 is 0 Å². The molecule has 0 atom stereocenters. The molecule has 1 heterocycles. The smallest absolute Gasteiger partial charge is 0.258 e. The van der Waals surface area contributed by atoms with Gasteiger partial charge >= 0.3 is 0 Å². The molecule has 10 nitrogen and oxygen atoms in total. The van der Waals surface area contributed by atoms with Gasteiger partial charge in [-0.2, -0.15) is 0 Å². The molecule has 13 rings (SSSR count). The minimum atomic E-state index is -0.319. The summed E-state index contributed by atoms with van der Waals surface area (Å²) in [4.78, 5) is 28.4. The van der Waals surface area contributed by atoms with Gasteiger partial charge in [-0.1, -0.05) is 206 Å². The number of fused-ring (bicyclic) bond motifs is 10. The monoisotopic (exact) mass is 1180 g/mol. The van der Waals surface area contributed by atoms with Gasteiger partial charge in [0.25, 0.3) is 11.8 Å². The summed E-state index contributed by atoms with van der Waals surface area (Å²) in [6.45, 7) is -0.0455. The number of phenolic OH excluding ortho intramolecular Hbond substituents is 2. The van der Waals surface area contributed by atoms with E-state index in [1.54, 1.807) is 0 Å². The van der Waals surface area contributed by atoms with E-state index in [0.29, 0.717) is 58.0 Å². The van der Waals surface area contributed by atoms with Gasteiger partial charge in [0.05, 0.1) is 26.4 Å². The second-order valence-corrected chi connectivity index (χ2v) is 22.7. The van der Waals surface area contributed by atoms with Crippen molar-refractivity contribution in [2.45, 2.75) is 52.4 Å². The number of amides is 2. The Hall–Kier alpha value is -10.8. The summed E-state index contributed by atoms with van der Waals surface area (Å²) in [5, 5.41) is 35.4. The van der Waals surface area contributed by atoms with Gasteiger partial charge < -0.3 is 39.8 Å². The standard InChI is InChI=1S/C80H66N2O8/c83-75(81-45-59-31-17-29-57-27-13-15-33-73(57)59)51-89-79-67-37-63(55-23-9-3-10-24-55)41-71(79)49-87-47-69-39-61(53-19-5-1-6-20-53)35-65(77(69)85)43-66-36-62(54-21-7-2-8-22-54)40-70(78(66)86)48-88-50-72-42-64(56-25-11-4-12-26-56)38-68(44-67)80(72)90-52-76(84)82-46-60-32-18-30-58-28-14-16-34-74(58)60/h1-42,85-86H,43-52H2,(H,81,83)(H,82,84). The van der Waals surface area contributed by atoms with Gasteiger partial charge in [-0.05, 0) is 148 Å². The molecule has 0 saturated carbocycles. The Morgan fingerprint density at radius 1 is 0.333 bits per heavy atom. The van der Waals surface area contributed by atoms with Crippen LogP contribution in [-0.2, 0) is 71.4 Å². The lowest BCUT2D eigenvalue weighted by atomic mass is 9.91. The SMILES string of the molecule is O=C(COc1c2cc(-c3ccccc3)cc1Cc1cc(-c3ccccc3)cc(c1OCC(=O)NCc1cccc3ccccc13)COCc1cc(-c3ccccc3)cc(c1O)Cc1cc(-c3ccccc3)cc(c1O)COC2)NCc1cccc2ccccc12. The highest BCUT2D eigenvalue weighted by Crippen LogP contribution is 2.41. The van der Waals surface area contributed by atoms with Gasteiger partial charge in [-0.25, -0.2) is 0 Å². The lowest BCUT2D eigenvalue weighted by molar-refractivity contribution is -0.124. The summed E-state index contributed by atoms with van der Waals surface area (Å²) in [5.41, 5.74) is 14.3. The van der Waals surface area contributed by atoms with Crippen LogP contribution in [0.5, 0.6) is 23.0 Å². The molecule has 0 radical (unpaired) electrons. The highest BCUT2D eigenvalue weighted by molar-refractivity contribution is 5.88. The zero-order chi connectivity index (χ0) is 61.2. The maximum absolute atomic E-state index is 14.2. The molecular formula is C80H66N2O8. The first-order valence-corrected chi connectivity index (χ1v) is 30.3. The van der Waals surface area contributed by atoms with Crippen molar-refractivity contribution in [2.24, 2.45) is 0 Å². The number of aromatic hydroxyl groups is 2. The van der Waals surface area contributed by atoms with Crippen molar-refractivity contribution in [1.29, 1.82) is 0 Å². The highest BCUT2D eigenvalue weighted by Gasteiger charge is 2.24. The van der Waals surface area contributed by atoms with E-state index in [1.165, 1.54) is 0 Å². The quantitative estimate of drug-likeness (QED) is 0.0845. The maximum atomic E-state index is 14.2. The number of ether oxygens (including phenoxy) is 4. The lowest BCUT2D eigenvalue weighted by Crippen LogP contribution is -2.29. The first-order chi connectivity index (χ1) is 44.2. The van der Waals surface area contributed by atoms with Crippen molar-refractivity contribution in [3.05, 3.63) is 310 Å². The first-order valence-electron chi connectivity index (χ1n) is 30.3. The molecule has 0 unspecified atom stereocenters. The summed E-state index contributed by atoms with van der Waals surface area (Å²) < 4.78 is 27.3. The van der Waals surface area contributed by atoms with Crippen LogP contribution in [0.25, 0.3) is 66.1 Å². The van der Waals surface area contributed by atoms with E-state index in [9.17, 15) is 19.8 Å². The van der Waals surface area contributed by atoms with E-state index in [2.05, 4.69) is 83.4 Å². The van der Waals surface area contributed by atoms with Gasteiger partial charge in [0.1, 0.15) is 23.0 Å². The van der Waals surface area contributed by atoms with Gasteiger partial charge in [-0.3, -0.25) is 9.59 Å². The predicted octanol–water partition coefficient (Wildman–Crippen LogP) is 16.4. The van der Waals surface area contributed by atoms with Crippen molar-refractivity contribution in [2.75, 3.05) is 13.2 Å². The average Bonchev–Trinajstić information content (AvgIpc) is 1.94. The number of carbonyl (C=O) groups is 2. The number of carbonyl (C=O) groups excluding carboxylic acids is 2. The minimum Gasteiger partial charge on any atom is -0.507 e. The maximum Gasteiger partial charge on any atom is 0.258 e. The Bertz CT molecular complexity index is 4250. The fraction of sp³-hybridized carbons (Fsp3) is 0.125. The van der Waals surface area contributed by atoms with E-state index >= 15 is 0 Å². The Morgan fingerprint density at radius 2 is 0.633 bits per heavy atom. The third kappa shape index (κ3) is 13.4. The highest BCUT2D eigenvalue weighted by atomic mass is 16.5. The molecule has 0 fully saturated rings. The van der Waals surface area contributed by atoms with Crippen molar-refractivity contribution in [3.63, 3.8) is 0 Å². The van der Waals surface area contributed by atoms with Gasteiger partial charge in [-0.15, -0.1) is 0 Å². The molecule has 0 aliphatic carbocycles. The van der Waals surface area contributed by atoms with Gasteiger partial charge in [0, 0.05) is 48.2 Å². The molecule has 90 heavy (non-hydrogen) atoms. The Morgan fingerprint density at radius 3 is 1.02 bits per heavy atom. The third-order valence-electron chi connectivity index (χ3n) is 16.6. The van der Waals surface area contributed by atoms with Crippen LogP contribution in [0.1, 0.15) is 55.6 Å². The number of nitrogens with one attached hydrogen (secondary N) is 2. The molecule has 4 N–H and O–H groups in total. The van der Waals surface area contributed by atoms with Crippen molar-refractivity contribution < 1.29 is 38.7 Å². The zero-order valence-electron chi connectivity index (χ0n) is 49.7. The van der Waals surface area contributed by atoms with Crippen molar-refractivity contribution in [3.8, 4) is 67.5 Å². The number of hydrogen-bond acceptors (Lipinski definition) is 8. The van der Waals surface area contributed by atoms with Crippen LogP contribution in [0.2, 0.25) is 0 Å². The molecular weight excluding hydrogens is 1120 g/mol. The second-order valence-electron chi connectivity index (χ2n) is 22.7. The van der Waals surface area contributed by atoms with Crippen LogP contribution < -0.4 is 20.1 Å². The number of hydrogen-bond donors (Lipinski definition) is 4. The van der Waals surface area contributed by atoms with E-state index < -0.39 is 0 Å². The molecule has 444 valence electrons. The van der Waals surface area contributed by atoms with E-state index in [0.717, 1.165) is 88.3 Å². The molecule has 12 aromatic rings. The van der Waals surface area contributed by atoms with Crippen LogP contribution in [0.3, 0.4) is 0 Å². The zero-order valence-corrected chi connectivity index (χ0v) is 49.7. The topological polar surface area (TPSA) is 136 Å². The normalized spacial score (nSPS) is 12.4. The summed E-state index contributed by atoms with van der Waals surface area (Å²) in [6.07, 6.45) is 0.374. The fourth-order valence-electron chi connectivity index (χ4n) is 12.2. The summed E-state index contributed by atoms with van der Waals surface area (Å²) in [7, 11) is 0.